The Kier molecular flexibility index (Phi) is 5.35. The number of carboxylic acid groups (broad SMARTS) is 1. The van der Waals surface area contributed by atoms with E-state index in [0.717, 1.165) is 18.6 Å². The summed E-state index contributed by atoms with van der Waals surface area (Å²) in [5.74, 6) is -0.950. The number of hydrogen-bond acceptors (Lipinski definition) is 2. The number of hydrogen-bond donors (Lipinski definition) is 2. The van der Waals surface area contributed by atoms with Gasteiger partial charge in [0.05, 0.1) is 5.56 Å². The first-order chi connectivity index (χ1) is 8.84. The first-order valence-electron chi connectivity index (χ1n) is 5.97. The van der Waals surface area contributed by atoms with E-state index in [4.69, 9.17) is 5.11 Å². The van der Waals surface area contributed by atoms with Gasteiger partial charge in [-0.3, -0.25) is 4.79 Å². The number of aliphatic carboxylic acids is 1. The number of halogens is 3. The monoisotopic (exact) mass is 275 g/mol. The van der Waals surface area contributed by atoms with E-state index in [-0.39, 0.29) is 6.54 Å². The lowest BCUT2D eigenvalue weighted by Gasteiger charge is -2.14. The second-order valence-electron chi connectivity index (χ2n) is 4.26. The van der Waals surface area contributed by atoms with Gasteiger partial charge in [-0.25, -0.2) is 0 Å². The molecule has 106 valence electrons. The fourth-order valence-electron chi connectivity index (χ4n) is 1.65. The molecule has 0 heterocycles. The predicted molar refractivity (Wildman–Crippen MR) is 64.6 cm³/mol. The van der Waals surface area contributed by atoms with Crippen molar-refractivity contribution < 1.29 is 23.1 Å². The Morgan fingerprint density at radius 1 is 1.32 bits per heavy atom. The Hall–Kier alpha value is -1.56. The molecule has 1 aromatic carbocycles. The van der Waals surface area contributed by atoms with Crippen molar-refractivity contribution in [2.75, 3.05) is 0 Å². The Bertz CT molecular complexity index is 415. The molecule has 1 unspecified atom stereocenters. The lowest BCUT2D eigenvalue weighted by atomic mass is 10.1. The van der Waals surface area contributed by atoms with Crippen LogP contribution in [0.2, 0.25) is 0 Å². The van der Waals surface area contributed by atoms with Crippen LogP contribution < -0.4 is 5.32 Å². The smallest absolute Gasteiger partial charge is 0.416 e. The maximum Gasteiger partial charge on any atom is 0.416 e. The summed E-state index contributed by atoms with van der Waals surface area (Å²) >= 11 is 0. The van der Waals surface area contributed by atoms with Crippen LogP contribution in [-0.4, -0.2) is 17.1 Å². The summed E-state index contributed by atoms with van der Waals surface area (Å²) in [6.45, 7) is 2.10. The van der Waals surface area contributed by atoms with Gasteiger partial charge < -0.3 is 10.4 Å². The minimum atomic E-state index is -4.35. The topological polar surface area (TPSA) is 49.3 Å². The lowest BCUT2D eigenvalue weighted by Crippen LogP contribution is -2.35. The van der Waals surface area contributed by atoms with E-state index >= 15 is 0 Å². The maximum absolute atomic E-state index is 12.3. The van der Waals surface area contributed by atoms with Crippen LogP contribution in [0.3, 0.4) is 0 Å². The largest absolute Gasteiger partial charge is 0.480 e. The van der Waals surface area contributed by atoms with E-state index in [9.17, 15) is 18.0 Å². The average molecular weight is 275 g/mol. The Labute approximate surface area is 109 Å². The number of carbonyl (C=O) groups is 1. The summed E-state index contributed by atoms with van der Waals surface area (Å²) in [7, 11) is 0. The third-order valence-electron chi connectivity index (χ3n) is 2.71. The van der Waals surface area contributed by atoms with Crippen molar-refractivity contribution >= 4 is 5.97 Å². The number of alkyl halides is 3. The molecule has 3 nitrogen and oxygen atoms in total. The van der Waals surface area contributed by atoms with E-state index < -0.39 is 23.8 Å². The first kappa shape index (κ1) is 15.5. The molecule has 0 saturated carbocycles. The van der Waals surface area contributed by atoms with Gasteiger partial charge in [0, 0.05) is 6.54 Å². The van der Waals surface area contributed by atoms with E-state index in [1.807, 2.05) is 6.92 Å². The van der Waals surface area contributed by atoms with Gasteiger partial charge >= 0.3 is 12.1 Å². The summed E-state index contributed by atoms with van der Waals surface area (Å²) in [6.07, 6.45) is -3.15. The minimum Gasteiger partial charge on any atom is -0.480 e. The van der Waals surface area contributed by atoms with Crippen LogP contribution in [0.4, 0.5) is 13.2 Å². The fraction of sp³-hybridized carbons (Fsp3) is 0.462. The first-order valence-corrected chi connectivity index (χ1v) is 5.97. The van der Waals surface area contributed by atoms with Crippen LogP contribution in [-0.2, 0) is 17.5 Å². The highest BCUT2D eigenvalue weighted by Crippen LogP contribution is 2.29. The van der Waals surface area contributed by atoms with Crippen LogP contribution in [0.5, 0.6) is 0 Å². The molecule has 19 heavy (non-hydrogen) atoms. The molecule has 6 heteroatoms. The number of carboxylic acids is 1. The molecule has 0 radical (unpaired) electrons. The van der Waals surface area contributed by atoms with Crippen molar-refractivity contribution in [1.82, 2.24) is 5.32 Å². The molecule has 0 amide bonds. The molecule has 1 atom stereocenters. The van der Waals surface area contributed by atoms with E-state index in [2.05, 4.69) is 5.32 Å². The normalized spacial score (nSPS) is 13.3. The van der Waals surface area contributed by atoms with Crippen molar-refractivity contribution in [3.63, 3.8) is 0 Å². The van der Waals surface area contributed by atoms with Gasteiger partial charge in [0.15, 0.2) is 0 Å². The van der Waals surface area contributed by atoms with Crippen molar-refractivity contribution in [2.24, 2.45) is 0 Å². The van der Waals surface area contributed by atoms with Gasteiger partial charge in [-0.2, -0.15) is 13.2 Å². The highest BCUT2D eigenvalue weighted by atomic mass is 19.4. The highest BCUT2D eigenvalue weighted by Gasteiger charge is 2.29. The Morgan fingerprint density at radius 3 is 2.32 bits per heavy atom. The maximum atomic E-state index is 12.3. The molecule has 0 aliphatic carbocycles. The van der Waals surface area contributed by atoms with Crippen molar-refractivity contribution in [1.29, 1.82) is 0 Å². The molecule has 0 saturated heterocycles. The van der Waals surface area contributed by atoms with Gasteiger partial charge in [-0.05, 0) is 24.1 Å². The Balaban J connectivity index is 2.61. The van der Waals surface area contributed by atoms with E-state index in [1.165, 1.54) is 12.1 Å². The van der Waals surface area contributed by atoms with Gasteiger partial charge in [-0.1, -0.05) is 25.5 Å². The lowest BCUT2D eigenvalue weighted by molar-refractivity contribution is -0.140. The molecule has 0 aliphatic heterocycles. The van der Waals surface area contributed by atoms with Gasteiger partial charge in [0.25, 0.3) is 0 Å². The third-order valence-corrected chi connectivity index (χ3v) is 2.71. The standard InChI is InChI=1S/C13H16F3NO2/c1-2-3-11(12(18)19)17-8-9-4-6-10(7-5-9)13(14,15)16/h4-7,11,17H,2-3,8H2,1H3,(H,18,19). The molecule has 1 aromatic rings. The van der Waals surface area contributed by atoms with Crippen molar-refractivity contribution in [3.05, 3.63) is 35.4 Å². The second-order valence-corrected chi connectivity index (χ2v) is 4.26. The van der Waals surface area contributed by atoms with Crippen LogP contribution in [0.1, 0.15) is 30.9 Å². The third kappa shape index (κ3) is 4.90. The zero-order valence-corrected chi connectivity index (χ0v) is 10.5. The van der Waals surface area contributed by atoms with Crippen molar-refractivity contribution in [3.8, 4) is 0 Å². The zero-order chi connectivity index (χ0) is 14.5. The fourth-order valence-corrected chi connectivity index (χ4v) is 1.65. The summed E-state index contributed by atoms with van der Waals surface area (Å²) in [6, 6.07) is 4.01. The van der Waals surface area contributed by atoms with Crippen LogP contribution in [0.25, 0.3) is 0 Å². The summed E-state index contributed by atoms with van der Waals surface area (Å²) in [4.78, 5) is 10.9. The molecule has 0 spiro atoms. The van der Waals surface area contributed by atoms with E-state index in [0.29, 0.717) is 12.0 Å². The molecule has 0 fully saturated rings. The summed E-state index contributed by atoms with van der Waals surface area (Å²) < 4.78 is 37.0. The molecule has 0 aromatic heterocycles. The SMILES string of the molecule is CCCC(NCc1ccc(C(F)(F)F)cc1)C(=O)O. The van der Waals surface area contributed by atoms with E-state index in [1.54, 1.807) is 0 Å². The summed E-state index contributed by atoms with van der Waals surface area (Å²) in [5.41, 5.74) is -0.0880. The molecule has 1 rings (SSSR count). The van der Waals surface area contributed by atoms with Crippen LogP contribution in [0, 0.1) is 0 Å². The average Bonchev–Trinajstić information content (AvgIpc) is 2.33. The number of nitrogens with one attached hydrogen (secondary N) is 1. The van der Waals surface area contributed by atoms with Gasteiger partial charge in [-0.15, -0.1) is 0 Å². The molecule has 0 aliphatic rings. The minimum absolute atomic E-state index is 0.231. The number of benzene rings is 1. The molecule has 2 N–H and O–H groups in total. The molecule has 0 bridgehead atoms. The Morgan fingerprint density at radius 2 is 1.89 bits per heavy atom. The van der Waals surface area contributed by atoms with Gasteiger partial charge in [0.1, 0.15) is 6.04 Å². The highest BCUT2D eigenvalue weighted by molar-refractivity contribution is 5.73. The van der Waals surface area contributed by atoms with Crippen LogP contribution >= 0.6 is 0 Å². The van der Waals surface area contributed by atoms with Crippen LogP contribution in [0.15, 0.2) is 24.3 Å². The molecular weight excluding hydrogens is 259 g/mol. The molecular formula is C13H16F3NO2. The van der Waals surface area contributed by atoms with Gasteiger partial charge in [0.2, 0.25) is 0 Å². The summed E-state index contributed by atoms with van der Waals surface area (Å²) in [5, 5.41) is 11.7. The van der Waals surface area contributed by atoms with Crippen molar-refractivity contribution in [2.45, 2.75) is 38.5 Å². The number of rotatable bonds is 6. The predicted octanol–water partition coefficient (Wildman–Crippen LogP) is 3.05. The second kappa shape index (κ2) is 6.56. The quantitative estimate of drug-likeness (QED) is 0.839. The zero-order valence-electron chi connectivity index (χ0n) is 10.5.